The molecular weight excluding hydrogens is 244 g/mol. The first-order valence-electron chi connectivity index (χ1n) is 6.02. The van der Waals surface area contributed by atoms with Crippen LogP contribution in [0.25, 0.3) is 6.08 Å². The van der Waals surface area contributed by atoms with E-state index < -0.39 is 5.97 Å². The molecule has 0 aliphatic heterocycles. The molecule has 2 N–H and O–H groups in total. The van der Waals surface area contributed by atoms with Crippen LogP contribution in [-0.2, 0) is 9.59 Å². The SMILES string of the molecule is CCNC(=O)CN(C)c1ccccc1C=CC(=O)O. The van der Waals surface area contributed by atoms with Gasteiger partial charge in [0.1, 0.15) is 0 Å². The number of carbonyl (C=O) groups excluding carboxylic acids is 1. The number of carboxylic acid groups (broad SMARTS) is 1. The summed E-state index contributed by atoms with van der Waals surface area (Å²) < 4.78 is 0. The summed E-state index contributed by atoms with van der Waals surface area (Å²) >= 11 is 0. The van der Waals surface area contributed by atoms with Gasteiger partial charge in [-0.1, -0.05) is 18.2 Å². The molecule has 0 aliphatic carbocycles. The first kappa shape index (κ1) is 14.8. The van der Waals surface area contributed by atoms with Crippen LogP contribution in [0.15, 0.2) is 30.3 Å². The third kappa shape index (κ3) is 4.83. The van der Waals surface area contributed by atoms with Crippen molar-refractivity contribution in [3.63, 3.8) is 0 Å². The number of para-hydroxylation sites is 1. The molecule has 0 aliphatic rings. The Morgan fingerprint density at radius 1 is 1.37 bits per heavy atom. The van der Waals surface area contributed by atoms with Gasteiger partial charge in [-0.2, -0.15) is 0 Å². The number of aliphatic carboxylic acids is 1. The molecule has 5 nitrogen and oxygen atoms in total. The molecule has 0 saturated carbocycles. The summed E-state index contributed by atoms with van der Waals surface area (Å²) in [5.74, 6) is -1.07. The number of rotatable bonds is 6. The van der Waals surface area contributed by atoms with E-state index in [0.29, 0.717) is 6.54 Å². The average molecular weight is 262 g/mol. The average Bonchev–Trinajstić information content (AvgIpc) is 2.36. The van der Waals surface area contributed by atoms with Crippen LogP contribution in [0, 0.1) is 0 Å². The lowest BCUT2D eigenvalue weighted by atomic mass is 10.1. The van der Waals surface area contributed by atoms with Crippen molar-refractivity contribution in [2.24, 2.45) is 0 Å². The zero-order valence-electron chi connectivity index (χ0n) is 11.1. The molecule has 0 radical (unpaired) electrons. The van der Waals surface area contributed by atoms with Crippen LogP contribution in [0.1, 0.15) is 12.5 Å². The molecule has 1 aromatic rings. The minimum absolute atomic E-state index is 0.0676. The van der Waals surface area contributed by atoms with Gasteiger partial charge in [0.2, 0.25) is 5.91 Å². The largest absolute Gasteiger partial charge is 0.478 e. The van der Waals surface area contributed by atoms with E-state index in [2.05, 4.69) is 5.32 Å². The van der Waals surface area contributed by atoms with Crippen LogP contribution in [0.2, 0.25) is 0 Å². The number of carboxylic acids is 1. The van der Waals surface area contributed by atoms with E-state index in [-0.39, 0.29) is 12.5 Å². The van der Waals surface area contributed by atoms with E-state index in [1.165, 1.54) is 6.08 Å². The number of anilines is 1. The molecule has 0 unspecified atom stereocenters. The number of nitrogens with zero attached hydrogens (tertiary/aromatic N) is 1. The normalized spacial score (nSPS) is 10.4. The fourth-order valence-corrected chi connectivity index (χ4v) is 1.69. The second kappa shape index (κ2) is 7.20. The molecule has 0 saturated heterocycles. The number of benzene rings is 1. The Hall–Kier alpha value is -2.30. The molecular formula is C14H18N2O3. The molecule has 0 bridgehead atoms. The summed E-state index contributed by atoms with van der Waals surface area (Å²) in [6, 6.07) is 7.33. The highest BCUT2D eigenvalue weighted by Gasteiger charge is 2.09. The van der Waals surface area contributed by atoms with Crippen molar-refractivity contribution >= 4 is 23.6 Å². The first-order valence-corrected chi connectivity index (χ1v) is 6.02. The van der Waals surface area contributed by atoms with E-state index in [0.717, 1.165) is 17.3 Å². The molecule has 102 valence electrons. The van der Waals surface area contributed by atoms with Crippen LogP contribution in [-0.4, -0.2) is 37.1 Å². The van der Waals surface area contributed by atoms with Crippen LogP contribution < -0.4 is 10.2 Å². The third-order valence-electron chi connectivity index (χ3n) is 2.51. The van der Waals surface area contributed by atoms with Crippen LogP contribution >= 0.6 is 0 Å². The van der Waals surface area contributed by atoms with Gasteiger partial charge in [-0.05, 0) is 24.6 Å². The second-order valence-corrected chi connectivity index (χ2v) is 4.04. The zero-order chi connectivity index (χ0) is 14.3. The highest BCUT2D eigenvalue weighted by molar-refractivity contribution is 5.88. The summed E-state index contributed by atoms with van der Waals surface area (Å²) in [6.07, 6.45) is 2.60. The lowest BCUT2D eigenvalue weighted by Crippen LogP contribution is -2.35. The van der Waals surface area contributed by atoms with Gasteiger partial charge in [0, 0.05) is 25.4 Å². The molecule has 1 rings (SSSR count). The lowest BCUT2D eigenvalue weighted by Gasteiger charge is -2.20. The van der Waals surface area contributed by atoms with Gasteiger partial charge in [-0.3, -0.25) is 4.79 Å². The first-order chi connectivity index (χ1) is 9.04. The number of carbonyl (C=O) groups is 2. The van der Waals surface area contributed by atoms with Gasteiger partial charge in [-0.25, -0.2) is 4.79 Å². The summed E-state index contributed by atoms with van der Waals surface area (Å²) in [4.78, 5) is 23.9. The number of amides is 1. The smallest absolute Gasteiger partial charge is 0.328 e. The Kier molecular flexibility index (Phi) is 5.60. The van der Waals surface area contributed by atoms with Crippen molar-refractivity contribution in [1.82, 2.24) is 5.32 Å². The van der Waals surface area contributed by atoms with Crippen molar-refractivity contribution in [3.05, 3.63) is 35.9 Å². The quantitative estimate of drug-likeness (QED) is 0.759. The fourth-order valence-electron chi connectivity index (χ4n) is 1.69. The van der Waals surface area contributed by atoms with Crippen LogP contribution in [0.4, 0.5) is 5.69 Å². The Morgan fingerprint density at radius 2 is 2.05 bits per heavy atom. The molecule has 0 spiro atoms. The van der Waals surface area contributed by atoms with Gasteiger partial charge < -0.3 is 15.3 Å². The highest BCUT2D eigenvalue weighted by Crippen LogP contribution is 2.20. The fraction of sp³-hybridized carbons (Fsp3) is 0.286. The Morgan fingerprint density at radius 3 is 2.68 bits per heavy atom. The van der Waals surface area contributed by atoms with E-state index in [1.807, 2.05) is 31.2 Å². The molecule has 0 heterocycles. The lowest BCUT2D eigenvalue weighted by molar-refractivity contribution is -0.131. The minimum Gasteiger partial charge on any atom is -0.478 e. The van der Waals surface area contributed by atoms with Crippen LogP contribution in [0.3, 0.4) is 0 Å². The van der Waals surface area contributed by atoms with Crippen molar-refractivity contribution in [1.29, 1.82) is 0 Å². The summed E-state index contributed by atoms with van der Waals surface area (Å²) in [6.45, 7) is 2.68. The highest BCUT2D eigenvalue weighted by atomic mass is 16.4. The van der Waals surface area contributed by atoms with Crippen LogP contribution in [0.5, 0.6) is 0 Å². The predicted molar refractivity (Wildman–Crippen MR) is 75.1 cm³/mol. The predicted octanol–water partition coefficient (Wildman–Crippen LogP) is 1.36. The number of likely N-dealkylation sites (N-methyl/N-ethyl adjacent to an activating group) is 2. The van der Waals surface area contributed by atoms with Gasteiger partial charge in [0.05, 0.1) is 6.54 Å². The summed E-state index contributed by atoms with van der Waals surface area (Å²) in [5, 5.41) is 11.4. The maximum Gasteiger partial charge on any atom is 0.328 e. The molecule has 1 amide bonds. The van der Waals surface area contributed by atoms with E-state index in [4.69, 9.17) is 5.11 Å². The standard InChI is InChI=1S/C14H18N2O3/c1-3-15-13(17)10-16(2)12-7-5-4-6-11(12)8-9-14(18)19/h4-9H,3,10H2,1-2H3,(H,15,17)(H,18,19). The Bertz CT molecular complexity index is 483. The van der Waals surface area contributed by atoms with Crippen molar-refractivity contribution in [3.8, 4) is 0 Å². The number of hydrogen-bond donors (Lipinski definition) is 2. The topological polar surface area (TPSA) is 69.6 Å². The maximum absolute atomic E-state index is 11.5. The Balaban J connectivity index is 2.87. The third-order valence-corrected chi connectivity index (χ3v) is 2.51. The van der Waals surface area contributed by atoms with Gasteiger partial charge in [0.25, 0.3) is 0 Å². The van der Waals surface area contributed by atoms with Crippen molar-refractivity contribution in [2.75, 3.05) is 25.0 Å². The molecule has 19 heavy (non-hydrogen) atoms. The zero-order valence-corrected chi connectivity index (χ0v) is 11.1. The molecule has 1 aromatic carbocycles. The van der Waals surface area contributed by atoms with Gasteiger partial charge in [-0.15, -0.1) is 0 Å². The van der Waals surface area contributed by atoms with E-state index in [9.17, 15) is 9.59 Å². The summed E-state index contributed by atoms with van der Waals surface area (Å²) in [7, 11) is 1.79. The monoisotopic (exact) mass is 262 g/mol. The van der Waals surface area contributed by atoms with Crippen molar-refractivity contribution < 1.29 is 14.7 Å². The van der Waals surface area contributed by atoms with Gasteiger partial charge in [0.15, 0.2) is 0 Å². The molecule has 0 fully saturated rings. The molecule has 5 heteroatoms. The number of nitrogens with one attached hydrogen (secondary N) is 1. The second-order valence-electron chi connectivity index (χ2n) is 4.04. The Labute approximate surface area is 112 Å². The van der Waals surface area contributed by atoms with Crippen molar-refractivity contribution in [2.45, 2.75) is 6.92 Å². The minimum atomic E-state index is -0.999. The molecule has 0 aromatic heterocycles. The maximum atomic E-state index is 11.5. The van der Waals surface area contributed by atoms with Gasteiger partial charge >= 0.3 is 5.97 Å². The number of hydrogen-bond acceptors (Lipinski definition) is 3. The van der Waals surface area contributed by atoms with E-state index in [1.54, 1.807) is 11.9 Å². The molecule has 0 atom stereocenters. The van der Waals surface area contributed by atoms with E-state index >= 15 is 0 Å². The summed E-state index contributed by atoms with van der Waals surface area (Å²) in [5.41, 5.74) is 1.57.